The van der Waals surface area contributed by atoms with Crippen molar-refractivity contribution < 1.29 is 14.3 Å². The molecule has 4 rings (SSSR count). The predicted molar refractivity (Wildman–Crippen MR) is 130 cm³/mol. The van der Waals surface area contributed by atoms with Gasteiger partial charge in [-0.25, -0.2) is 0 Å². The maximum atomic E-state index is 13.6. The molecule has 2 aromatic carbocycles. The van der Waals surface area contributed by atoms with E-state index in [1.54, 1.807) is 7.11 Å². The third-order valence-corrected chi connectivity index (χ3v) is 6.47. The zero-order valence-corrected chi connectivity index (χ0v) is 20.0. The van der Waals surface area contributed by atoms with Gasteiger partial charge in [-0.3, -0.25) is 4.79 Å². The molecule has 0 fully saturated rings. The Morgan fingerprint density at radius 1 is 1.12 bits per heavy atom. The van der Waals surface area contributed by atoms with Crippen LogP contribution in [0.15, 0.2) is 77.3 Å². The van der Waals surface area contributed by atoms with Crippen molar-refractivity contribution in [1.29, 1.82) is 5.26 Å². The minimum atomic E-state index is -0.561. The lowest BCUT2D eigenvalue weighted by Gasteiger charge is -2.44. The minimum absolute atomic E-state index is 0.0526. The van der Waals surface area contributed by atoms with Gasteiger partial charge in [-0.1, -0.05) is 62.4 Å². The molecule has 6 nitrogen and oxygen atoms in total. The number of nitrogens with zero attached hydrogens (tertiary/aromatic N) is 2. The van der Waals surface area contributed by atoms with Gasteiger partial charge in [0.1, 0.15) is 18.2 Å². The highest BCUT2D eigenvalue weighted by atomic mass is 16.5. The molecule has 6 heteroatoms. The van der Waals surface area contributed by atoms with Crippen molar-refractivity contribution >= 4 is 5.78 Å². The quantitative estimate of drug-likeness (QED) is 0.651. The number of methoxy groups -OCH3 is 1. The molecule has 34 heavy (non-hydrogen) atoms. The Balaban J connectivity index is 1.82. The molecule has 1 atom stereocenters. The first kappa shape index (κ1) is 23.6. The van der Waals surface area contributed by atoms with Crippen LogP contribution in [0.3, 0.4) is 0 Å². The summed E-state index contributed by atoms with van der Waals surface area (Å²) < 4.78 is 11.5. The summed E-state index contributed by atoms with van der Waals surface area (Å²) in [5.41, 5.74) is 10.1. The molecule has 2 N–H and O–H groups in total. The topological polar surface area (TPSA) is 88.6 Å². The molecule has 2 aliphatic rings. The Bertz CT molecular complexity index is 1170. The molecular formula is C28H31N3O3. The van der Waals surface area contributed by atoms with Crippen LogP contribution in [0.5, 0.6) is 5.75 Å². The summed E-state index contributed by atoms with van der Waals surface area (Å²) in [6.45, 7) is 5.49. The van der Waals surface area contributed by atoms with E-state index in [-0.39, 0.29) is 11.2 Å². The van der Waals surface area contributed by atoms with Gasteiger partial charge in [0.2, 0.25) is 0 Å². The van der Waals surface area contributed by atoms with E-state index in [1.807, 2.05) is 59.5 Å². The highest BCUT2D eigenvalue weighted by Gasteiger charge is 2.44. The van der Waals surface area contributed by atoms with Gasteiger partial charge in [-0.05, 0) is 23.5 Å². The van der Waals surface area contributed by atoms with Crippen LogP contribution in [-0.2, 0) is 16.1 Å². The highest BCUT2D eigenvalue weighted by molar-refractivity contribution is 6.00. The van der Waals surface area contributed by atoms with Crippen LogP contribution >= 0.6 is 0 Å². The Hall–Kier alpha value is -3.56. The summed E-state index contributed by atoms with van der Waals surface area (Å²) in [6, 6.07) is 19.8. The van der Waals surface area contributed by atoms with Crippen LogP contribution in [0.25, 0.3) is 0 Å². The number of rotatable bonds is 7. The number of Topliss-reactive ketones (excluding diaryl/α,β-unsaturated/α-hetero) is 1. The number of ether oxygens (including phenoxy) is 2. The maximum Gasteiger partial charge on any atom is 0.162 e. The lowest BCUT2D eigenvalue weighted by Crippen LogP contribution is -2.43. The Labute approximate surface area is 201 Å². The fourth-order valence-electron chi connectivity index (χ4n) is 4.91. The van der Waals surface area contributed by atoms with Gasteiger partial charge in [0.05, 0.1) is 24.2 Å². The second-order valence-corrected chi connectivity index (χ2v) is 9.60. The van der Waals surface area contributed by atoms with E-state index in [2.05, 4.69) is 19.9 Å². The van der Waals surface area contributed by atoms with E-state index >= 15 is 0 Å². The lowest BCUT2D eigenvalue weighted by atomic mass is 9.68. The summed E-state index contributed by atoms with van der Waals surface area (Å²) in [4.78, 5) is 15.5. The molecule has 1 heterocycles. The molecular weight excluding hydrogens is 426 g/mol. The SMILES string of the molecule is COCCN1C(N)=C(C#N)[C@@H](c2ccccc2OCc2ccccc2)C2=C1CC(C)(C)CC2=O. The molecule has 1 aliphatic heterocycles. The molecule has 2 aromatic rings. The van der Waals surface area contributed by atoms with Crippen molar-refractivity contribution in [3.05, 3.63) is 88.4 Å². The van der Waals surface area contributed by atoms with Gasteiger partial charge >= 0.3 is 0 Å². The smallest absolute Gasteiger partial charge is 0.162 e. The second kappa shape index (κ2) is 9.74. The largest absolute Gasteiger partial charge is 0.489 e. The van der Waals surface area contributed by atoms with Crippen LogP contribution in [0, 0.1) is 16.7 Å². The first-order chi connectivity index (χ1) is 16.4. The second-order valence-electron chi connectivity index (χ2n) is 9.60. The van der Waals surface area contributed by atoms with Gasteiger partial charge in [0, 0.05) is 36.9 Å². The molecule has 1 aliphatic carbocycles. The number of hydrogen-bond donors (Lipinski definition) is 1. The van der Waals surface area contributed by atoms with Crippen molar-refractivity contribution in [2.24, 2.45) is 11.1 Å². The molecule has 176 valence electrons. The number of carbonyl (C=O) groups excluding carboxylic acids is 1. The van der Waals surface area contributed by atoms with Gasteiger partial charge < -0.3 is 20.1 Å². The third-order valence-electron chi connectivity index (χ3n) is 6.47. The van der Waals surface area contributed by atoms with E-state index in [0.717, 1.165) is 16.8 Å². The predicted octanol–water partition coefficient (Wildman–Crippen LogP) is 4.65. The number of nitrogens with two attached hydrogens (primary N) is 1. The molecule has 0 aromatic heterocycles. The number of para-hydroxylation sites is 1. The molecule has 0 saturated carbocycles. The number of allylic oxidation sites excluding steroid dienone is 3. The first-order valence-corrected chi connectivity index (χ1v) is 11.5. The fraction of sp³-hybridized carbons (Fsp3) is 0.357. The lowest BCUT2D eigenvalue weighted by molar-refractivity contribution is -0.118. The zero-order chi connectivity index (χ0) is 24.3. The fourth-order valence-corrected chi connectivity index (χ4v) is 4.91. The van der Waals surface area contributed by atoms with E-state index in [4.69, 9.17) is 15.2 Å². The van der Waals surface area contributed by atoms with Crippen molar-refractivity contribution in [2.75, 3.05) is 20.3 Å². The van der Waals surface area contributed by atoms with Crippen molar-refractivity contribution in [2.45, 2.75) is 39.2 Å². The number of ketones is 1. The number of carbonyl (C=O) groups is 1. The molecule has 0 unspecified atom stereocenters. The average molecular weight is 458 g/mol. The summed E-state index contributed by atoms with van der Waals surface area (Å²) >= 11 is 0. The van der Waals surface area contributed by atoms with Crippen LogP contribution in [0.4, 0.5) is 0 Å². The summed E-state index contributed by atoms with van der Waals surface area (Å²) in [5, 5.41) is 10.2. The molecule has 0 amide bonds. The van der Waals surface area contributed by atoms with E-state index in [9.17, 15) is 10.1 Å². The molecule has 0 bridgehead atoms. The van der Waals surface area contributed by atoms with E-state index in [1.165, 1.54) is 0 Å². The Morgan fingerprint density at radius 2 is 1.82 bits per heavy atom. The summed E-state index contributed by atoms with van der Waals surface area (Å²) in [6.07, 6.45) is 1.12. The van der Waals surface area contributed by atoms with Gasteiger partial charge in [0.15, 0.2) is 5.78 Å². The van der Waals surface area contributed by atoms with Gasteiger partial charge in [-0.2, -0.15) is 5.26 Å². The van der Waals surface area contributed by atoms with Crippen LogP contribution in [-0.4, -0.2) is 30.9 Å². The highest BCUT2D eigenvalue weighted by Crippen LogP contribution is 2.50. The molecule has 0 spiro atoms. The third kappa shape index (κ3) is 4.57. The van der Waals surface area contributed by atoms with E-state index in [0.29, 0.717) is 55.3 Å². The molecule has 0 radical (unpaired) electrons. The first-order valence-electron chi connectivity index (χ1n) is 11.5. The minimum Gasteiger partial charge on any atom is -0.489 e. The number of benzene rings is 2. The zero-order valence-electron chi connectivity index (χ0n) is 20.0. The number of hydrogen-bond acceptors (Lipinski definition) is 6. The summed E-state index contributed by atoms with van der Waals surface area (Å²) in [7, 11) is 1.63. The van der Waals surface area contributed by atoms with Crippen molar-refractivity contribution in [3.63, 3.8) is 0 Å². The number of nitriles is 1. The summed E-state index contributed by atoms with van der Waals surface area (Å²) in [5.74, 6) is 0.518. The van der Waals surface area contributed by atoms with E-state index < -0.39 is 5.92 Å². The molecule has 0 saturated heterocycles. The maximum absolute atomic E-state index is 13.6. The van der Waals surface area contributed by atoms with Crippen LogP contribution in [0.1, 0.15) is 43.7 Å². The van der Waals surface area contributed by atoms with Crippen LogP contribution in [0.2, 0.25) is 0 Å². The monoisotopic (exact) mass is 457 g/mol. The standard InChI is InChI=1S/C28H31N3O3/c1-28(2)15-22-26(23(32)16-28)25(21(17-29)27(30)31(22)13-14-33-3)20-11-7-8-12-24(20)34-18-19-9-5-4-6-10-19/h4-12,25H,13-16,18,30H2,1-3H3/t25-/m1/s1. The van der Waals surface area contributed by atoms with Gasteiger partial charge in [-0.15, -0.1) is 0 Å². The normalized spacial score (nSPS) is 19.6. The van der Waals surface area contributed by atoms with Crippen LogP contribution < -0.4 is 10.5 Å². The van der Waals surface area contributed by atoms with Gasteiger partial charge in [0.25, 0.3) is 0 Å². The Kier molecular flexibility index (Phi) is 6.76. The van der Waals surface area contributed by atoms with Crippen molar-refractivity contribution in [3.8, 4) is 11.8 Å². The van der Waals surface area contributed by atoms with Crippen molar-refractivity contribution in [1.82, 2.24) is 4.90 Å². The Morgan fingerprint density at radius 3 is 2.53 bits per heavy atom. The average Bonchev–Trinajstić information content (AvgIpc) is 2.82.